The van der Waals surface area contributed by atoms with E-state index in [-0.39, 0.29) is 18.2 Å². The molecule has 0 saturated heterocycles. The molecule has 0 aliphatic heterocycles. The summed E-state index contributed by atoms with van der Waals surface area (Å²) >= 11 is 0. The molecule has 1 heterocycles. The zero-order valence-corrected chi connectivity index (χ0v) is 13.5. The lowest BCUT2D eigenvalue weighted by atomic mass is 9.86. The highest BCUT2D eigenvalue weighted by Crippen LogP contribution is 2.24. The van der Waals surface area contributed by atoms with Crippen LogP contribution in [-0.2, 0) is 11.8 Å². The molecular weight excluding hydrogens is 268 g/mol. The lowest BCUT2D eigenvalue weighted by Gasteiger charge is -2.38. The van der Waals surface area contributed by atoms with E-state index >= 15 is 0 Å². The third kappa shape index (κ3) is 4.74. The molecule has 1 aromatic rings. The molecule has 1 aliphatic carbocycles. The van der Waals surface area contributed by atoms with Crippen molar-refractivity contribution in [2.45, 2.75) is 64.3 Å². The number of aryl methyl sites for hydroxylation is 1. The number of amides is 1. The third-order valence-electron chi connectivity index (χ3n) is 3.57. The van der Waals surface area contributed by atoms with Gasteiger partial charge in [-0.25, -0.2) is 4.79 Å². The molecule has 118 valence electrons. The standard InChI is InChI=1S/C15H26N4O2/c1-10(11-8-16-19(5)9-11)17-12-6-13(7-12)18-14(20)21-15(2,3)4/h8-10,12-13,17H,6-7H2,1-5H3,(H,18,20). The normalized spacial score (nSPS) is 23.3. The quantitative estimate of drug-likeness (QED) is 0.892. The molecule has 1 atom stereocenters. The van der Waals surface area contributed by atoms with Gasteiger partial charge in [0.1, 0.15) is 5.60 Å². The Balaban J connectivity index is 1.68. The van der Waals surface area contributed by atoms with Crippen LogP contribution in [0.25, 0.3) is 0 Å². The summed E-state index contributed by atoms with van der Waals surface area (Å²) in [6.07, 6.45) is 5.44. The summed E-state index contributed by atoms with van der Waals surface area (Å²) in [7, 11) is 1.92. The average molecular weight is 294 g/mol. The van der Waals surface area contributed by atoms with Crippen LogP contribution in [0.2, 0.25) is 0 Å². The molecule has 0 aromatic carbocycles. The molecule has 0 radical (unpaired) electrons. The van der Waals surface area contributed by atoms with E-state index in [1.165, 1.54) is 5.56 Å². The van der Waals surface area contributed by atoms with Crippen LogP contribution in [0, 0.1) is 0 Å². The van der Waals surface area contributed by atoms with Gasteiger partial charge in [0.15, 0.2) is 0 Å². The van der Waals surface area contributed by atoms with Crippen molar-refractivity contribution in [3.63, 3.8) is 0 Å². The average Bonchev–Trinajstić information content (AvgIpc) is 2.70. The Morgan fingerprint density at radius 1 is 1.43 bits per heavy atom. The number of ether oxygens (including phenoxy) is 1. The van der Waals surface area contributed by atoms with Crippen LogP contribution in [-0.4, -0.2) is 33.6 Å². The summed E-state index contributed by atoms with van der Waals surface area (Å²) in [4.78, 5) is 11.7. The largest absolute Gasteiger partial charge is 0.444 e. The summed E-state index contributed by atoms with van der Waals surface area (Å²) in [5.74, 6) is 0. The minimum atomic E-state index is -0.444. The van der Waals surface area contributed by atoms with Crippen LogP contribution in [0.5, 0.6) is 0 Å². The molecular formula is C15H26N4O2. The second kappa shape index (κ2) is 6.05. The van der Waals surface area contributed by atoms with Gasteiger partial charge in [0.2, 0.25) is 0 Å². The van der Waals surface area contributed by atoms with Crippen LogP contribution in [0.15, 0.2) is 12.4 Å². The fraction of sp³-hybridized carbons (Fsp3) is 0.733. The van der Waals surface area contributed by atoms with E-state index in [1.807, 2.05) is 40.2 Å². The van der Waals surface area contributed by atoms with Gasteiger partial charge in [-0.3, -0.25) is 4.68 Å². The summed E-state index contributed by atoms with van der Waals surface area (Å²) in [6, 6.07) is 0.907. The first-order valence-electron chi connectivity index (χ1n) is 7.47. The molecule has 1 amide bonds. The number of aromatic nitrogens is 2. The summed E-state index contributed by atoms with van der Waals surface area (Å²) in [5.41, 5.74) is 0.737. The van der Waals surface area contributed by atoms with E-state index in [4.69, 9.17) is 4.74 Å². The van der Waals surface area contributed by atoms with Gasteiger partial charge in [0.25, 0.3) is 0 Å². The van der Waals surface area contributed by atoms with Gasteiger partial charge in [-0.1, -0.05) is 0 Å². The zero-order chi connectivity index (χ0) is 15.6. The van der Waals surface area contributed by atoms with Crippen molar-refractivity contribution in [1.29, 1.82) is 0 Å². The van der Waals surface area contributed by atoms with E-state index in [0.717, 1.165) is 12.8 Å². The molecule has 1 aliphatic rings. The number of hydrogen-bond donors (Lipinski definition) is 2. The molecule has 2 N–H and O–H groups in total. The highest BCUT2D eigenvalue weighted by Gasteiger charge is 2.32. The highest BCUT2D eigenvalue weighted by atomic mass is 16.6. The van der Waals surface area contributed by atoms with E-state index in [1.54, 1.807) is 4.68 Å². The van der Waals surface area contributed by atoms with E-state index < -0.39 is 5.60 Å². The van der Waals surface area contributed by atoms with Crippen molar-refractivity contribution in [3.05, 3.63) is 18.0 Å². The number of carbonyl (C=O) groups is 1. The van der Waals surface area contributed by atoms with Crippen molar-refractivity contribution < 1.29 is 9.53 Å². The van der Waals surface area contributed by atoms with Crippen molar-refractivity contribution in [2.24, 2.45) is 7.05 Å². The molecule has 21 heavy (non-hydrogen) atoms. The molecule has 0 bridgehead atoms. The molecule has 1 saturated carbocycles. The number of rotatable bonds is 4. The van der Waals surface area contributed by atoms with Crippen LogP contribution in [0.4, 0.5) is 4.79 Å². The SMILES string of the molecule is CC(NC1CC(NC(=O)OC(C)(C)C)C1)c1cnn(C)c1. The van der Waals surface area contributed by atoms with E-state index in [2.05, 4.69) is 22.7 Å². The number of nitrogens with one attached hydrogen (secondary N) is 2. The highest BCUT2D eigenvalue weighted by molar-refractivity contribution is 5.68. The molecule has 6 nitrogen and oxygen atoms in total. The maximum atomic E-state index is 11.7. The van der Waals surface area contributed by atoms with Crippen LogP contribution in [0.3, 0.4) is 0 Å². The molecule has 6 heteroatoms. The van der Waals surface area contributed by atoms with Gasteiger partial charge >= 0.3 is 6.09 Å². The Hall–Kier alpha value is -1.56. The number of nitrogens with zero attached hydrogens (tertiary/aromatic N) is 2. The Labute approximate surface area is 126 Å². The molecule has 1 fully saturated rings. The van der Waals surface area contributed by atoms with Crippen LogP contribution in [0.1, 0.15) is 52.1 Å². The monoisotopic (exact) mass is 294 g/mol. The first-order valence-corrected chi connectivity index (χ1v) is 7.47. The second-order valence-corrected chi connectivity index (χ2v) is 6.85. The minimum Gasteiger partial charge on any atom is -0.444 e. The molecule has 1 aromatic heterocycles. The van der Waals surface area contributed by atoms with Crippen LogP contribution < -0.4 is 10.6 Å². The van der Waals surface area contributed by atoms with Gasteiger partial charge in [-0.2, -0.15) is 5.10 Å². The maximum absolute atomic E-state index is 11.7. The van der Waals surface area contributed by atoms with Gasteiger partial charge in [-0.15, -0.1) is 0 Å². The van der Waals surface area contributed by atoms with E-state index in [9.17, 15) is 4.79 Å². The van der Waals surface area contributed by atoms with Crippen molar-refractivity contribution in [1.82, 2.24) is 20.4 Å². The number of hydrogen-bond acceptors (Lipinski definition) is 4. The van der Waals surface area contributed by atoms with E-state index in [0.29, 0.717) is 6.04 Å². The maximum Gasteiger partial charge on any atom is 0.407 e. The third-order valence-corrected chi connectivity index (χ3v) is 3.57. The lowest BCUT2D eigenvalue weighted by Crippen LogP contribution is -2.53. The van der Waals surface area contributed by atoms with Gasteiger partial charge < -0.3 is 15.4 Å². The van der Waals surface area contributed by atoms with Gasteiger partial charge in [-0.05, 0) is 40.5 Å². The summed E-state index contributed by atoms with van der Waals surface area (Å²) in [5, 5.41) is 10.6. The Morgan fingerprint density at radius 3 is 2.62 bits per heavy atom. The Bertz CT molecular complexity index is 486. The minimum absolute atomic E-state index is 0.207. The zero-order valence-electron chi connectivity index (χ0n) is 13.5. The first-order chi connectivity index (χ1) is 9.73. The smallest absolute Gasteiger partial charge is 0.407 e. The lowest BCUT2D eigenvalue weighted by molar-refractivity contribution is 0.0463. The fourth-order valence-electron chi connectivity index (χ4n) is 2.46. The van der Waals surface area contributed by atoms with Crippen molar-refractivity contribution in [3.8, 4) is 0 Å². The topological polar surface area (TPSA) is 68.2 Å². The molecule has 0 spiro atoms. The summed E-state index contributed by atoms with van der Waals surface area (Å²) < 4.78 is 7.06. The predicted molar refractivity (Wildman–Crippen MR) is 80.9 cm³/mol. The van der Waals surface area contributed by atoms with Crippen molar-refractivity contribution in [2.75, 3.05) is 0 Å². The fourth-order valence-corrected chi connectivity index (χ4v) is 2.46. The second-order valence-electron chi connectivity index (χ2n) is 6.85. The Morgan fingerprint density at radius 2 is 2.10 bits per heavy atom. The van der Waals surface area contributed by atoms with Crippen LogP contribution >= 0.6 is 0 Å². The first kappa shape index (κ1) is 15.8. The summed E-state index contributed by atoms with van der Waals surface area (Å²) in [6.45, 7) is 7.74. The number of alkyl carbamates (subject to hydrolysis) is 1. The Kier molecular flexibility index (Phi) is 4.56. The van der Waals surface area contributed by atoms with Crippen molar-refractivity contribution >= 4 is 6.09 Å². The number of carbonyl (C=O) groups excluding carboxylic acids is 1. The van der Waals surface area contributed by atoms with Gasteiger partial charge in [0.05, 0.1) is 6.20 Å². The molecule has 1 unspecified atom stereocenters. The molecule has 2 rings (SSSR count). The van der Waals surface area contributed by atoms with Gasteiger partial charge in [0, 0.05) is 36.9 Å². The predicted octanol–water partition coefficient (Wildman–Crippen LogP) is 2.13.